The molecule has 35 heavy (non-hydrogen) atoms. The van der Waals surface area contributed by atoms with Crippen LogP contribution in [0.4, 0.5) is 18.9 Å². The second kappa shape index (κ2) is 10.2. The molecule has 2 heterocycles. The number of nitrogens with one attached hydrogen (secondary N) is 1. The highest BCUT2D eigenvalue weighted by atomic mass is 19.4. The summed E-state index contributed by atoms with van der Waals surface area (Å²) in [6.45, 7) is 2.98. The quantitative estimate of drug-likeness (QED) is 0.532. The molecule has 1 aliphatic heterocycles. The SMILES string of the molecule is Cc1ccc(NC(=O)c2cccc(C(F)(F)F)c2)cc1OC1CCN(C(=O)c2ccncc2)CC1. The molecule has 182 valence electrons. The maximum atomic E-state index is 13.0. The summed E-state index contributed by atoms with van der Waals surface area (Å²) in [5.74, 6) is -0.110. The molecule has 3 aromatic rings. The molecule has 0 atom stereocenters. The average Bonchev–Trinajstić information content (AvgIpc) is 2.86. The lowest BCUT2D eigenvalue weighted by Gasteiger charge is -2.32. The molecular formula is C26H24F3N3O3. The fraction of sp³-hybridized carbons (Fsp3) is 0.269. The van der Waals surface area contributed by atoms with E-state index in [4.69, 9.17) is 4.74 Å². The van der Waals surface area contributed by atoms with Crippen LogP contribution in [0, 0.1) is 6.92 Å². The zero-order valence-electron chi connectivity index (χ0n) is 19.0. The maximum absolute atomic E-state index is 13.0. The van der Waals surface area contributed by atoms with Crippen LogP contribution in [-0.4, -0.2) is 40.9 Å². The number of aryl methyl sites for hydroxylation is 1. The number of piperidine rings is 1. The van der Waals surface area contributed by atoms with E-state index in [0.717, 1.165) is 17.7 Å². The van der Waals surface area contributed by atoms with Crippen molar-refractivity contribution in [3.05, 3.63) is 89.2 Å². The van der Waals surface area contributed by atoms with Crippen LogP contribution < -0.4 is 10.1 Å². The Balaban J connectivity index is 1.38. The predicted molar refractivity (Wildman–Crippen MR) is 124 cm³/mol. The van der Waals surface area contributed by atoms with Crippen molar-refractivity contribution in [2.75, 3.05) is 18.4 Å². The first-order chi connectivity index (χ1) is 16.7. The number of carbonyl (C=O) groups excluding carboxylic acids is 2. The number of pyridine rings is 1. The molecule has 0 aliphatic carbocycles. The monoisotopic (exact) mass is 483 g/mol. The van der Waals surface area contributed by atoms with E-state index in [0.29, 0.717) is 42.9 Å². The molecule has 0 bridgehead atoms. The first kappa shape index (κ1) is 24.3. The molecule has 9 heteroatoms. The van der Waals surface area contributed by atoms with Crippen molar-refractivity contribution in [3.63, 3.8) is 0 Å². The minimum atomic E-state index is -4.53. The van der Waals surface area contributed by atoms with Gasteiger partial charge >= 0.3 is 6.18 Å². The molecule has 0 saturated carbocycles. The molecular weight excluding hydrogens is 459 g/mol. The Kier molecular flexibility index (Phi) is 7.04. The Bertz CT molecular complexity index is 1210. The van der Waals surface area contributed by atoms with Crippen molar-refractivity contribution >= 4 is 17.5 Å². The summed E-state index contributed by atoms with van der Waals surface area (Å²) in [5, 5.41) is 2.64. The number of nitrogens with zero attached hydrogens (tertiary/aromatic N) is 2. The topological polar surface area (TPSA) is 71.5 Å². The smallest absolute Gasteiger partial charge is 0.416 e. The number of rotatable bonds is 5. The largest absolute Gasteiger partial charge is 0.490 e. The van der Waals surface area contributed by atoms with Gasteiger partial charge in [0.15, 0.2) is 0 Å². The van der Waals surface area contributed by atoms with Gasteiger partial charge in [0.05, 0.1) is 5.56 Å². The van der Waals surface area contributed by atoms with Crippen molar-refractivity contribution in [3.8, 4) is 5.75 Å². The number of aromatic nitrogens is 1. The first-order valence-corrected chi connectivity index (χ1v) is 11.2. The summed E-state index contributed by atoms with van der Waals surface area (Å²) in [6.07, 6.45) is -0.159. The van der Waals surface area contributed by atoms with Gasteiger partial charge in [0.25, 0.3) is 11.8 Å². The third-order valence-corrected chi connectivity index (χ3v) is 5.85. The number of anilines is 1. The second-order valence-corrected chi connectivity index (χ2v) is 8.36. The Morgan fingerprint density at radius 3 is 2.40 bits per heavy atom. The summed E-state index contributed by atoms with van der Waals surface area (Å²) in [7, 11) is 0. The van der Waals surface area contributed by atoms with Crippen molar-refractivity contribution in [2.24, 2.45) is 0 Å². The number of hydrogen-bond donors (Lipinski definition) is 1. The summed E-state index contributed by atoms with van der Waals surface area (Å²) in [4.78, 5) is 30.9. The highest BCUT2D eigenvalue weighted by molar-refractivity contribution is 6.04. The third-order valence-electron chi connectivity index (χ3n) is 5.85. The molecule has 0 spiro atoms. The Morgan fingerprint density at radius 1 is 1.00 bits per heavy atom. The molecule has 1 aliphatic rings. The predicted octanol–water partition coefficient (Wildman–Crippen LogP) is 5.34. The minimum Gasteiger partial charge on any atom is -0.490 e. The minimum absolute atomic E-state index is 0.0404. The number of carbonyl (C=O) groups is 2. The summed E-state index contributed by atoms with van der Waals surface area (Å²) < 4.78 is 45.0. The molecule has 1 aromatic heterocycles. The van der Waals surface area contributed by atoms with E-state index in [1.165, 1.54) is 12.1 Å². The number of likely N-dealkylation sites (tertiary alicyclic amines) is 1. The van der Waals surface area contributed by atoms with Gasteiger partial charge in [0.2, 0.25) is 0 Å². The Hall–Kier alpha value is -3.88. The fourth-order valence-electron chi connectivity index (χ4n) is 3.88. The first-order valence-electron chi connectivity index (χ1n) is 11.2. The van der Waals surface area contributed by atoms with E-state index >= 15 is 0 Å². The van der Waals surface area contributed by atoms with Gasteiger partial charge in [-0.25, -0.2) is 0 Å². The maximum Gasteiger partial charge on any atom is 0.416 e. The van der Waals surface area contributed by atoms with Gasteiger partial charge in [-0.3, -0.25) is 14.6 Å². The number of hydrogen-bond acceptors (Lipinski definition) is 4. The lowest BCUT2D eigenvalue weighted by atomic mass is 10.1. The second-order valence-electron chi connectivity index (χ2n) is 8.36. The Labute approximate surface area is 200 Å². The standard InChI is InChI=1S/C26H24F3N3O3/c1-17-5-6-21(31-24(33)19-3-2-4-20(15-19)26(27,28)29)16-23(17)35-22-9-13-32(14-10-22)25(34)18-7-11-30-12-8-18/h2-8,11-12,15-16,22H,9-10,13-14H2,1H3,(H,31,33). The van der Waals surface area contributed by atoms with Crippen molar-refractivity contribution in [1.29, 1.82) is 0 Å². The molecule has 6 nitrogen and oxygen atoms in total. The van der Waals surface area contributed by atoms with Gasteiger partial charge in [-0.2, -0.15) is 13.2 Å². The van der Waals surface area contributed by atoms with Crippen LogP contribution in [0.3, 0.4) is 0 Å². The third kappa shape index (κ3) is 5.98. The summed E-state index contributed by atoms with van der Waals surface area (Å²) >= 11 is 0. The van der Waals surface area contributed by atoms with Crippen LogP contribution in [0.2, 0.25) is 0 Å². The molecule has 0 radical (unpaired) electrons. The molecule has 4 rings (SSSR count). The van der Waals surface area contributed by atoms with Gasteiger partial charge in [-0.1, -0.05) is 12.1 Å². The lowest BCUT2D eigenvalue weighted by molar-refractivity contribution is -0.137. The van der Waals surface area contributed by atoms with Crippen molar-refractivity contribution < 1.29 is 27.5 Å². The van der Waals surface area contributed by atoms with Gasteiger partial charge in [0, 0.05) is 61.2 Å². The van der Waals surface area contributed by atoms with E-state index in [9.17, 15) is 22.8 Å². The number of ether oxygens (including phenoxy) is 1. The molecule has 0 unspecified atom stereocenters. The molecule has 1 saturated heterocycles. The number of alkyl halides is 3. The summed E-state index contributed by atoms with van der Waals surface area (Å²) in [5.41, 5.74) is 0.899. The highest BCUT2D eigenvalue weighted by Gasteiger charge is 2.31. The van der Waals surface area contributed by atoms with E-state index in [1.807, 2.05) is 6.92 Å². The Morgan fingerprint density at radius 2 is 1.71 bits per heavy atom. The van der Waals surface area contributed by atoms with Crippen LogP contribution in [0.1, 0.15) is 44.7 Å². The number of amides is 2. The van der Waals surface area contributed by atoms with Crippen LogP contribution in [0.25, 0.3) is 0 Å². The van der Waals surface area contributed by atoms with E-state index in [1.54, 1.807) is 47.6 Å². The van der Waals surface area contributed by atoms with Gasteiger partial charge in [-0.05, 0) is 48.9 Å². The van der Waals surface area contributed by atoms with Crippen LogP contribution in [0.5, 0.6) is 5.75 Å². The molecule has 1 N–H and O–H groups in total. The number of benzene rings is 2. The van der Waals surface area contributed by atoms with E-state index in [-0.39, 0.29) is 17.6 Å². The van der Waals surface area contributed by atoms with Crippen molar-refractivity contribution in [2.45, 2.75) is 32.0 Å². The lowest BCUT2D eigenvalue weighted by Crippen LogP contribution is -2.41. The van der Waals surface area contributed by atoms with Gasteiger partial charge < -0.3 is 15.0 Å². The van der Waals surface area contributed by atoms with Crippen LogP contribution >= 0.6 is 0 Å². The number of halogens is 3. The fourth-order valence-corrected chi connectivity index (χ4v) is 3.88. The van der Waals surface area contributed by atoms with Gasteiger partial charge in [-0.15, -0.1) is 0 Å². The summed E-state index contributed by atoms with van der Waals surface area (Å²) in [6, 6.07) is 12.8. The van der Waals surface area contributed by atoms with Crippen LogP contribution in [-0.2, 0) is 6.18 Å². The highest BCUT2D eigenvalue weighted by Crippen LogP contribution is 2.30. The van der Waals surface area contributed by atoms with E-state index in [2.05, 4.69) is 10.3 Å². The van der Waals surface area contributed by atoms with E-state index < -0.39 is 17.6 Å². The molecule has 1 fully saturated rings. The van der Waals surface area contributed by atoms with Crippen molar-refractivity contribution in [1.82, 2.24) is 9.88 Å². The zero-order chi connectivity index (χ0) is 25.0. The van der Waals surface area contributed by atoms with Crippen LogP contribution in [0.15, 0.2) is 67.0 Å². The zero-order valence-corrected chi connectivity index (χ0v) is 19.0. The molecule has 2 amide bonds. The molecule has 2 aromatic carbocycles. The normalized spacial score (nSPS) is 14.5. The van der Waals surface area contributed by atoms with Gasteiger partial charge in [0.1, 0.15) is 11.9 Å². The average molecular weight is 483 g/mol.